The lowest BCUT2D eigenvalue weighted by Gasteiger charge is -2.07. The van der Waals surface area contributed by atoms with Crippen LogP contribution in [-0.4, -0.2) is 25.3 Å². The molecule has 0 aliphatic heterocycles. The number of fused-ring (bicyclic) bond motifs is 1. The molecule has 0 saturated heterocycles. The molecule has 19 heavy (non-hydrogen) atoms. The SMILES string of the molecule is Clc1cc(Cl)c(Oc2ccc3nnnn3n2)cc1Cl. The molecule has 2 heterocycles. The van der Waals surface area contributed by atoms with E-state index in [0.29, 0.717) is 26.5 Å². The molecule has 0 N–H and O–H groups in total. The van der Waals surface area contributed by atoms with Crippen LogP contribution >= 0.6 is 34.8 Å². The van der Waals surface area contributed by atoms with E-state index < -0.39 is 0 Å². The maximum absolute atomic E-state index is 6.01. The Morgan fingerprint density at radius 1 is 1.00 bits per heavy atom. The van der Waals surface area contributed by atoms with Gasteiger partial charge in [0, 0.05) is 12.1 Å². The number of hydrogen-bond acceptors (Lipinski definition) is 5. The number of rotatable bonds is 2. The zero-order chi connectivity index (χ0) is 13.4. The molecule has 3 aromatic rings. The first-order valence-electron chi connectivity index (χ1n) is 5.01. The summed E-state index contributed by atoms with van der Waals surface area (Å²) in [4.78, 5) is 0. The number of aromatic nitrogens is 5. The van der Waals surface area contributed by atoms with Gasteiger partial charge in [0.05, 0.1) is 15.1 Å². The molecule has 0 fully saturated rings. The summed E-state index contributed by atoms with van der Waals surface area (Å²) in [6, 6.07) is 6.28. The number of benzene rings is 1. The third-order valence-corrected chi connectivity index (χ3v) is 3.25. The van der Waals surface area contributed by atoms with Crippen LogP contribution in [0.15, 0.2) is 24.3 Å². The van der Waals surface area contributed by atoms with Gasteiger partial charge in [0.1, 0.15) is 5.75 Å². The van der Waals surface area contributed by atoms with Gasteiger partial charge in [-0.05, 0) is 22.6 Å². The van der Waals surface area contributed by atoms with Crippen molar-refractivity contribution in [2.45, 2.75) is 0 Å². The number of ether oxygens (including phenoxy) is 1. The number of halogens is 3. The second-order valence-electron chi connectivity index (χ2n) is 3.50. The lowest BCUT2D eigenvalue weighted by Crippen LogP contribution is -1.97. The molecule has 0 aliphatic rings. The van der Waals surface area contributed by atoms with Crippen LogP contribution < -0.4 is 4.74 Å². The number of hydrogen-bond donors (Lipinski definition) is 0. The Labute approximate surface area is 121 Å². The highest BCUT2D eigenvalue weighted by Gasteiger charge is 2.10. The normalized spacial score (nSPS) is 10.9. The summed E-state index contributed by atoms with van der Waals surface area (Å²) in [7, 11) is 0. The fourth-order valence-electron chi connectivity index (χ4n) is 1.38. The summed E-state index contributed by atoms with van der Waals surface area (Å²) < 4.78 is 6.76. The summed E-state index contributed by atoms with van der Waals surface area (Å²) in [5.74, 6) is 0.621. The molecule has 2 aromatic heterocycles. The Morgan fingerprint density at radius 3 is 2.63 bits per heavy atom. The van der Waals surface area contributed by atoms with Crippen molar-refractivity contribution in [2.75, 3.05) is 0 Å². The summed E-state index contributed by atoms with van der Waals surface area (Å²) in [5, 5.41) is 15.9. The predicted octanol–water partition coefficient (Wildman–Crippen LogP) is 3.27. The zero-order valence-corrected chi connectivity index (χ0v) is 11.4. The van der Waals surface area contributed by atoms with E-state index in [1.165, 1.54) is 16.8 Å². The molecule has 0 spiro atoms. The summed E-state index contributed by atoms with van der Waals surface area (Å²) in [5.41, 5.74) is 0.507. The minimum atomic E-state index is 0.278. The van der Waals surface area contributed by atoms with E-state index in [-0.39, 0.29) is 5.88 Å². The maximum atomic E-state index is 6.01. The average molecular weight is 317 g/mol. The van der Waals surface area contributed by atoms with Crippen molar-refractivity contribution in [3.63, 3.8) is 0 Å². The molecule has 0 saturated carbocycles. The van der Waals surface area contributed by atoms with Crippen LogP contribution in [0.1, 0.15) is 0 Å². The van der Waals surface area contributed by atoms with Gasteiger partial charge in [0.2, 0.25) is 5.88 Å². The van der Waals surface area contributed by atoms with E-state index in [1.54, 1.807) is 12.1 Å². The molecule has 6 nitrogen and oxygen atoms in total. The van der Waals surface area contributed by atoms with Gasteiger partial charge in [-0.15, -0.1) is 14.8 Å². The van der Waals surface area contributed by atoms with Crippen molar-refractivity contribution in [1.29, 1.82) is 0 Å². The van der Waals surface area contributed by atoms with Gasteiger partial charge in [-0.25, -0.2) is 0 Å². The van der Waals surface area contributed by atoms with Crippen molar-refractivity contribution in [3.8, 4) is 11.6 Å². The molecule has 3 rings (SSSR count). The lowest BCUT2D eigenvalue weighted by atomic mass is 10.3. The van der Waals surface area contributed by atoms with Crippen molar-refractivity contribution >= 4 is 40.4 Å². The van der Waals surface area contributed by atoms with E-state index in [4.69, 9.17) is 39.5 Å². The Kier molecular flexibility index (Phi) is 3.14. The molecule has 9 heteroatoms. The van der Waals surface area contributed by atoms with Gasteiger partial charge in [-0.2, -0.15) is 0 Å². The molecule has 0 unspecified atom stereocenters. The highest BCUT2D eigenvalue weighted by Crippen LogP contribution is 2.35. The van der Waals surface area contributed by atoms with E-state index >= 15 is 0 Å². The Bertz CT molecular complexity index is 760. The number of nitrogens with zero attached hydrogens (tertiary/aromatic N) is 5. The van der Waals surface area contributed by atoms with Gasteiger partial charge in [-0.1, -0.05) is 34.8 Å². The quantitative estimate of drug-likeness (QED) is 0.679. The van der Waals surface area contributed by atoms with E-state index in [2.05, 4.69) is 20.6 Å². The maximum Gasteiger partial charge on any atom is 0.239 e. The minimum absolute atomic E-state index is 0.278. The van der Waals surface area contributed by atoms with Crippen molar-refractivity contribution in [1.82, 2.24) is 25.3 Å². The van der Waals surface area contributed by atoms with Crippen molar-refractivity contribution in [2.24, 2.45) is 0 Å². The summed E-state index contributed by atoms with van der Waals surface area (Å²) >= 11 is 17.7. The van der Waals surface area contributed by atoms with Crippen LogP contribution in [0.4, 0.5) is 0 Å². The van der Waals surface area contributed by atoms with Crippen LogP contribution in [0.25, 0.3) is 5.65 Å². The fraction of sp³-hybridized carbons (Fsp3) is 0. The molecule has 96 valence electrons. The van der Waals surface area contributed by atoms with Gasteiger partial charge >= 0.3 is 0 Å². The summed E-state index contributed by atoms with van der Waals surface area (Å²) in [6.07, 6.45) is 0. The Balaban J connectivity index is 1.98. The van der Waals surface area contributed by atoms with Crippen molar-refractivity contribution < 1.29 is 4.74 Å². The topological polar surface area (TPSA) is 65.2 Å². The molecule has 1 aromatic carbocycles. The van der Waals surface area contributed by atoms with Crippen LogP contribution in [0.5, 0.6) is 11.6 Å². The first-order chi connectivity index (χ1) is 9.13. The first kappa shape index (κ1) is 12.4. The zero-order valence-electron chi connectivity index (χ0n) is 9.09. The van der Waals surface area contributed by atoms with Crippen LogP contribution in [0.2, 0.25) is 15.1 Å². The molecule has 0 radical (unpaired) electrons. The standard InChI is InChI=1S/C10H4Cl3N5O/c11-5-3-7(13)8(4-6(5)12)19-10-2-1-9-14-16-17-18(9)15-10/h1-4H. The monoisotopic (exact) mass is 315 g/mol. The predicted molar refractivity (Wildman–Crippen MR) is 70.1 cm³/mol. The Hall–Kier alpha value is -1.63. The molecule has 0 bridgehead atoms. The molecule has 0 aliphatic carbocycles. The highest BCUT2D eigenvalue weighted by molar-refractivity contribution is 6.43. The second-order valence-corrected chi connectivity index (χ2v) is 4.72. The van der Waals surface area contributed by atoms with E-state index in [1.807, 2.05) is 0 Å². The third kappa shape index (κ3) is 2.42. The van der Waals surface area contributed by atoms with Crippen LogP contribution in [-0.2, 0) is 0 Å². The fourth-order valence-corrected chi connectivity index (χ4v) is 1.96. The Morgan fingerprint density at radius 2 is 1.79 bits per heavy atom. The smallest absolute Gasteiger partial charge is 0.239 e. The highest BCUT2D eigenvalue weighted by atomic mass is 35.5. The first-order valence-corrected chi connectivity index (χ1v) is 6.15. The molecular weight excluding hydrogens is 313 g/mol. The minimum Gasteiger partial charge on any atom is -0.436 e. The molecule has 0 amide bonds. The van der Waals surface area contributed by atoms with E-state index in [0.717, 1.165) is 0 Å². The largest absolute Gasteiger partial charge is 0.436 e. The van der Waals surface area contributed by atoms with Gasteiger partial charge in [0.25, 0.3) is 0 Å². The van der Waals surface area contributed by atoms with Gasteiger partial charge < -0.3 is 4.74 Å². The summed E-state index contributed by atoms with van der Waals surface area (Å²) in [6.45, 7) is 0. The second kappa shape index (κ2) is 4.80. The van der Waals surface area contributed by atoms with Crippen LogP contribution in [0.3, 0.4) is 0 Å². The van der Waals surface area contributed by atoms with Gasteiger partial charge in [0.15, 0.2) is 5.65 Å². The van der Waals surface area contributed by atoms with Crippen LogP contribution in [0, 0.1) is 0 Å². The average Bonchev–Trinajstić information content (AvgIpc) is 2.83. The van der Waals surface area contributed by atoms with Crippen molar-refractivity contribution in [3.05, 3.63) is 39.3 Å². The van der Waals surface area contributed by atoms with E-state index in [9.17, 15) is 0 Å². The van der Waals surface area contributed by atoms with Gasteiger partial charge in [-0.3, -0.25) is 0 Å². The third-order valence-electron chi connectivity index (χ3n) is 2.23. The lowest BCUT2D eigenvalue weighted by molar-refractivity contribution is 0.447. The molecular formula is C10H4Cl3N5O. The number of tetrazole rings is 1. The molecule has 0 atom stereocenters.